The minimum atomic E-state index is 0.00971. The molecule has 1 aromatic carbocycles. The van der Waals surface area contributed by atoms with Crippen molar-refractivity contribution in [2.24, 2.45) is 5.92 Å². The first-order valence-corrected chi connectivity index (χ1v) is 7.60. The Balaban J connectivity index is 2.14. The Kier molecular flexibility index (Phi) is 7.83. The van der Waals surface area contributed by atoms with Crippen molar-refractivity contribution in [3.8, 4) is 5.75 Å². The first kappa shape index (κ1) is 17.5. The van der Waals surface area contributed by atoms with Crippen LogP contribution in [0.15, 0.2) is 18.2 Å². The van der Waals surface area contributed by atoms with Crippen LogP contribution in [-0.2, 0) is 4.79 Å². The van der Waals surface area contributed by atoms with E-state index in [1.165, 1.54) is 11.1 Å². The molecule has 1 unspecified atom stereocenters. The third kappa shape index (κ3) is 7.14. The van der Waals surface area contributed by atoms with Crippen LogP contribution >= 0.6 is 0 Å². The van der Waals surface area contributed by atoms with E-state index >= 15 is 0 Å². The van der Waals surface area contributed by atoms with Gasteiger partial charge in [-0.3, -0.25) is 4.79 Å². The number of amides is 1. The highest BCUT2D eigenvalue weighted by molar-refractivity contribution is 5.75. The highest BCUT2D eigenvalue weighted by Crippen LogP contribution is 2.16. The van der Waals surface area contributed by atoms with Crippen molar-refractivity contribution in [2.75, 3.05) is 19.8 Å². The molecular formula is C17H27NO3. The summed E-state index contributed by atoms with van der Waals surface area (Å²) in [5, 5.41) is 11.8. The van der Waals surface area contributed by atoms with Gasteiger partial charge >= 0.3 is 0 Å². The van der Waals surface area contributed by atoms with Crippen LogP contribution in [0.3, 0.4) is 0 Å². The van der Waals surface area contributed by atoms with Gasteiger partial charge in [-0.25, -0.2) is 0 Å². The van der Waals surface area contributed by atoms with E-state index in [1.807, 2.05) is 32.0 Å². The first-order valence-electron chi connectivity index (χ1n) is 7.60. The number of aryl methyl sites for hydroxylation is 2. The molecule has 1 aromatic rings. The van der Waals surface area contributed by atoms with E-state index in [4.69, 9.17) is 9.84 Å². The molecule has 2 N–H and O–H groups in total. The standard InChI is InChI=1S/C17H27NO3/c1-13(12-19)5-4-9-18-17(20)8-10-21-16-7-6-14(2)15(3)11-16/h6-7,11,13,19H,4-5,8-10,12H2,1-3H3,(H,18,20). The Morgan fingerprint density at radius 3 is 2.76 bits per heavy atom. The predicted octanol–water partition coefficient (Wildman–Crippen LogP) is 2.60. The zero-order valence-electron chi connectivity index (χ0n) is 13.3. The summed E-state index contributed by atoms with van der Waals surface area (Å²) in [5.41, 5.74) is 2.42. The number of carbonyl (C=O) groups excluding carboxylic acids is 1. The average molecular weight is 293 g/mol. The van der Waals surface area contributed by atoms with E-state index in [2.05, 4.69) is 12.2 Å². The number of hydrogen-bond acceptors (Lipinski definition) is 3. The van der Waals surface area contributed by atoms with Crippen molar-refractivity contribution in [1.82, 2.24) is 5.32 Å². The van der Waals surface area contributed by atoms with Crippen molar-refractivity contribution in [3.05, 3.63) is 29.3 Å². The number of aliphatic hydroxyl groups excluding tert-OH is 1. The lowest BCUT2D eigenvalue weighted by molar-refractivity contribution is -0.121. The second-order valence-electron chi connectivity index (χ2n) is 5.62. The fourth-order valence-corrected chi connectivity index (χ4v) is 1.92. The monoisotopic (exact) mass is 293 g/mol. The van der Waals surface area contributed by atoms with E-state index in [0.29, 0.717) is 25.5 Å². The Labute approximate surface area is 127 Å². The molecule has 0 bridgehead atoms. The number of hydrogen-bond donors (Lipinski definition) is 2. The van der Waals surface area contributed by atoms with Crippen molar-refractivity contribution >= 4 is 5.91 Å². The number of ether oxygens (including phenoxy) is 1. The van der Waals surface area contributed by atoms with Crippen LogP contribution in [-0.4, -0.2) is 30.8 Å². The maximum absolute atomic E-state index is 11.6. The zero-order chi connectivity index (χ0) is 15.7. The summed E-state index contributed by atoms with van der Waals surface area (Å²) in [7, 11) is 0. The highest BCUT2D eigenvalue weighted by atomic mass is 16.5. The molecule has 0 aliphatic heterocycles. The number of rotatable bonds is 9. The molecule has 1 amide bonds. The topological polar surface area (TPSA) is 58.6 Å². The van der Waals surface area contributed by atoms with Crippen molar-refractivity contribution in [2.45, 2.75) is 40.0 Å². The molecule has 21 heavy (non-hydrogen) atoms. The van der Waals surface area contributed by atoms with Crippen molar-refractivity contribution in [1.29, 1.82) is 0 Å². The average Bonchev–Trinajstić information content (AvgIpc) is 2.47. The lowest BCUT2D eigenvalue weighted by Gasteiger charge is -2.10. The van der Waals surface area contributed by atoms with Gasteiger partial charge in [0.15, 0.2) is 0 Å². The van der Waals surface area contributed by atoms with Gasteiger partial charge in [0.1, 0.15) is 5.75 Å². The quantitative estimate of drug-likeness (QED) is 0.688. The maximum Gasteiger partial charge on any atom is 0.223 e. The van der Waals surface area contributed by atoms with Crippen LogP contribution in [0.2, 0.25) is 0 Å². The molecule has 0 fully saturated rings. The van der Waals surface area contributed by atoms with E-state index in [-0.39, 0.29) is 12.5 Å². The fourth-order valence-electron chi connectivity index (χ4n) is 1.92. The van der Waals surface area contributed by atoms with Gasteiger partial charge in [-0.2, -0.15) is 0 Å². The van der Waals surface area contributed by atoms with Gasteiger partial charge in [-0.15, -0.1) is 0 Å². The summed E-state index contributed by atoms with van der Waals surface area (Å²) in [6.45, 7) is 7.36. The third-order valence-electron chi connectivity index (χ3n) is 3.58. The van der Waals surface area contributed by atoms with Gasteiger partial charge in [-0.1, -0.05) is 13.0 Å². The highest BCUT2D eigenvalue weighted by Gasteiger charge is 2.04. The molecule has 0 saturated heterocycles. The Morgan fingerprint density at radius 2 is 2.10 bits per heavy atom. The lowest BCUT2D eigenvalue weighted by atomic mass is 10.1. The lowest BCUT2D eigenvalue weighted by Crippen LogP contribution is -2.26. The predicted molar refractivity (Wildman–Crippen MR) is 84.5 cm³/mol. The third-order valence-corrected chi connectivity index (χ3v) is 3.58. The SMILES string of the molecule is Cc1ccc(OCCC(=O)NCCCC(C)CO)cc1C. The minimum Gasteiger partial charge on any atom is -0.493 e. The summed E-state index contributed by atoms with van der Waals surface area (Å²) in [4.78, 5) is 11.6. The van der Waals surface area contributed by atoms with Crippen molar-refractivity contribution < 1.29 is 14.6 Å². The largest absolute Gasteiger partial charge is 0.493 e. The summed E-state index contributed by atoms with van der Waals surface area (Å²) < 4.78 is 5.58. The molecule has 0 aromatic heterocycles. The summed E-state index contributed by atoms with van der Waals surface area (Å²) in [6, 6.07) is 5.94. The Bertz CT molecular complexity index is 446. The van der Waals surface area contributed by atoms with Crippen LogP contribution in [0, 0.1) is 19.8 Å². The van der Waals surface area contributed by atoms with Crippen LogP contribution in [0.5, 0.6) is 5.75 Å². The normalized spacial score (nSPS) is 12.0. The molecule has 0 radical (unpaired) electrons. The van der Waals surface area contributed by atoms with E-state index in [1.54, 1.807) is 0 Å². The van der Waals surface area contributed by atoms with Crippen LogP contribution in [0.1, 0.15) is 37.3 Å². The number of benzene rings is 1. The summed E-state index contributed by atoms with van der Waals surface area (Å²) >= 11 is 0. The van der Waals surface area contributed by atoms with Gasteiger partial charge in [0.25, 0.3) is 0 Å². The smallest absolute Gasteiger partial charge is 0.223 e. The van der Waals surface area contributed by atoms with Crippen LogP contribution in [0.4, 0.5) is 0 Å². The zero-order valence-corrected chi connectivity index (χ0v) is 13.3. The minimum absolute atomic E-state index is 0.00971. The van der Waals surface area contributed by atoms with Gasteiger partial charge < -0.3 is 15.2 Å². The van der Waals surface area contributed by atoms with E-state index in [9.17, 15) is 4.79 Å². The molecule has 0 spiro atoms. The molecular weight excluding hydrogens is 266 g/mol. The van der Waals surface area contributed by atoms with Crippen molar-refractivity contribution in [3.63, 3.8) is 0 Å². The molecule has 1 atom stereocenters. The molecule has 118 valence electrons. The van der Waals surface area contributed by atoms with Gasteiger partial charge in [0.05, 0.1) is 13.0 Å². The second kappa shape index (κ2) is 9.40. The van der Waals surface area contributed by atoms with E-state index < -0.39 is 0 Å². The number of aliphatic hydroxyl groups is 1. The Morgan fingerprint density at radius 1 is 1.33 bits per heavy atom. The summed E-state index contributed by atoms with van der Waals surface area (Å²) in [6.07, 6.45) is 2.18. The molecule has 1 rings (SSSR count). The molecule has 0 heterocycles. The molecule has 0 aliphatic carbocycles. The molecule has 4 nitrogen and oxygen atoms in total. The number of nitrogens with one attached hydrogen (secondary N) is 1. The van der Waals surface area contributed by atoms with Gasteiger partial charge in [-0.05, 0) is 55.9 Å². The Hall–Kier alpha value is -1.55. The number of carbonyl (C=O) groups is 1. The molecule has 0 aliphatic rings. The second-order valence-corrected chi connectivity index (χ2v) is 5.62. The van der Waals surface area contributed by atoms with Crippen LogP contribution in [0.25, 0.3) is 0 Å². The maximum atomic E-state index is 11.6. The fraction of sp³-hybridized carbons (Fsp3) is 0.588. The van der Waals surface area contributed by atoms with E-state index in [0.717, 1.165) is 18.6 Å². The first-order chi connectivity index (χ1) is 10.0. The van der Waals surface area contributed by atoms with Crippen LogP contribution < -0.4 is 10.1 Å². The summed E-state index contributed by atoms with van der Waals surface area (Å²) in [5.74, 6) is 1.12. The van der Waals surface area contributed by atoms with Gasteiger partial charge in [0, 0.05) is 13.2 Å². The molecule has 4 heteroatoms. The molecule has 0 saturated carbocycles. The van der Waals surface area contributed by atoms with Gasteiger partial charge in [0.2, 0.25) is 5.91 Å².